The minimum absolute atomic E-state index is 0.0573. The van der Waals surface area contributed by atoms with E-state index in [0.717, 1.165) is 6.26 Å². The van der Waals surface area contributed by atoms with E-state index in [4.69, 9.17) is 11.6 Å². The molecule has 1 N–H and O–H groups in total. The molecule has 2 aromatic heterocycles. The predicted molar refractivity (Wildman–Crippen MR) is 49.8 cm³/mol. The third-order valence-corrected chi connectivity index (χ3v) is 2.97. The molecule has 0 atom stereocenters. The highest BCUT2D eigenvalue weighted by Crippen LogP contribution is 2.23. The highest BCUT2D eigenvalue weighted by molar-refractivity contribution is 7.90. The minimum atomic E-state index is -3.39. The van der Waals surface area contributed by atoms with E-state index in [1.54, 1.807) is 0 Å². The first-order valence-corrected chi connectivity index (χ1v) is 5.81. The number of fused-ring (bicyclic) bond motifs is 1. The first-order chi connectivity index (χ1) is 6.50. The molecule has 0 aliphatic rings. The van der Waals surface area contributed by atoms with Gasteiger partial charge in [-0.1, -0.05) is 11.6 Å². The van der Waals surface area contributed by atoms with E-state index in [9.17, 15) is 8.42 Å². The molecular formula is C6H5ClN4O2S. The van der Waals surface area contributed by atoms with Crippen LogP contribution in [0.5, 0.6) is 0 Å². The van der Waals surface area contributed by atoms with Crippen LogP contribution in [0.3, 0.4) is 0 Å². The van der Waals surface area contributed by atoms with Gasteiger partial charge in [0.25, 0.3) is 0 Å². The molecule has 74 valence electrons. The molecule has 2 aromatic rings. The fourth-order valence-electron chi connectivity index (χ4n) is 1.06. The van der Waals surface area contributed by atoms with Crippen LogP contribution in [0.1, 0.15) is 0 Å². The van der Waals surface area contributed by atoms with E-state index in [2.05, 4.69) is 20.2 Å². The Kier molecular flexibility index (Phi) is 1.93. The van der Waals surface area contributed by atoms with E-state index in [0.29, 0.717) is 0 Å². The number of hydrogen-bond donors (Lipinski definition) is 1. The average molecular weight is 233 g/mol. The van der Waals surface area contributed by atoms with Crippen LogP contribution in [0.4, 0.5) is 0 Å². The second-order valence-electron chi connectivity index (χ2n) is 2.69. The maximum absolute atomic E-state index is 11.3. The Morgan fingerprint density at radius 3 is 2.79 bits per heavy atom. The average Bonchev–Trinajstić information content (AvgIpc) is 2.47. The van der Waals surface area contributed by atoms with Crippen LogP contribution < -0.4 is 0 Å². The van der Waals surface area contributed by atoms with Gasteiger partial charge in [0.15, 0.2) is 20.5 Å². The molecule has 0 aliphatic heterocycles. The summed E-state index contributed by atoms with van der Waals surface area (Å²) < 4.78 is 22.5. The van der Waals surface area contributed by atoms with Crippen LogP contribution >= 0.6 is 11.6 Å². The lowest BCUT2D eigenvalue weighted by Gasteiger charge is -1.94. The molecule has 0 fully saturated rings. The van der Waals surface area contributed by atoms with Crippen molar-refractivity contribution >= 4 is 32.5 Å². The first-order valence-electron chi connectivity index (χ1n) is 3.55. The van der Waals surface area contributed by atoms with Gasteiger partial charge in [0.2, 0.25) is 0 Å². The normalized spacial score (nSPS) is 12.1. The van der Waals surface area contributed by atoms with Gasteiger partial charge >= 0.3 is 0 Å². The van der Waals surface area contributed by atoms with Crippen LogP contribution in [0.2, 0.25) is 5.15 Å². The molecule has 6 nitrogen and oxygen atoms in total. The molecule has 0 saturated carbocycles. The SMILES string of the molecule is CS(=O)(=O)c1[nH]nc2ncnc(Cl)c12. The molecule has 0 saturated heterocycles. The molecule has 0 amide bonds. The summed E-state index contributed by atoms with van der Waals surface area (Å²) >= 11 is 5.73. The van der Waals surface area contributed by atoms with Gasteiger partial charge in [0, 0.05) is 6.26 Å². The van der Waals surface area contributed by atoms with Gasteiger partial charge in [-0.2, -0.15) is 5.10 Å². The lowest BCUT2D eigenvalue weighted by Crippen LogP contribution is -1.98. The number of nitrogens with one attached hydrogen (secondary N) is 1. The second kappa shape index (κ2) is 2.89. The number of rotatable bonds is 1. The lowest BCUT2D eigenvalue weighted by molar-refractivity contribution is 0.598. The Balaban J connectivity index is 2.94. The number of hydrogen-bond acceptors (Lipinski definition) is 5. The van der Waals surface area contributed by atoms with Crippen LogP contribution in [0, 0.1) is 0 Å². The highest BCUT2D eigenvalue weighted by Gasteiger charge is 2.18. The molecule has 14 heavy (non-hydrogen) atoms. The van der Waals surface area contributed by atoms with Crippen LogP contribution in [-0.2, 0) is 9.84 Å². The van der Waals surface area contributed by atoms with Crippen molar-refractivity contribution in [1.82, 2.24) is 20.2 Å². The van der Waals surface area contributed by atoms with Crippen molar-refractivity contribution in [1.29, 1.82) is 0 Å². The van der Waals surface area contributed by atoms with Crippen LogP contribution in [0.25, 0.3) is 11.0 Å². The van der Waals surface area contributed by atoms with E-state index in [1.807, 2.05) is 0 Å². The van der Waals surface area contributed by atoms with Gasteiger partial charge in [0.1, 0.15) is 11.5 Å². The summed E-state index contributed by atoms with van der Waals surface area (Å²) in [5.41, 5.74) is 0.241. The fourth-order valence-corrected chi connectivity index (χ4v) is 2.11. The van der Waals surface area contributed by atoms with Gasteiger partial charge < -0.3 is 0 Å². The molecule has 0 bridgehead atoms. The first kappa shape index (κ1) is 9.35. The molecule has 0 aromatic carbocycles. The van der Waals surface area contributed by atoms with Crippen molar-refractivity contribution in [3.05, 3.63) is 11.5 Å². The third kappa shape index (κ3) is 1.34. The minimum Gasteiger partial charge on any atom is -0.265 e. The van der Waals surface area contributed by atoms with E-state index >= 15 is 0 Å². The van der Waals surface area contributed by atoms with Gasteiger partial charge in [-0.25, -0.2) is 18.4 Å². The molecule has 0 radical (unpaired) electrons. The Morgan fingerprint density at radius 2 is 2.14 bits per heavy atom. The summed E-state index contributed by atoms with van der Waals surface area (Å²) in [6.07, 6.45) is 2.28. The van der Waals surface area contributed by atoms with E-state index in [-0.39, 0.29) is 21.2 Å². The monoisotopic (exact) mass is 232 g/mol. The fraction of sp³-hybridized carbons (Fsp3) is 0.167. The summed E-state index contributed by atoms with van der Waals surface area (Å²) in [6.45, 7) is 0. The van der Waals surface area contributed by atoms with E-state index in [1.165, 1.54) is 6.33 Å². The zero-order valence-electron chi connectivity index (χ0n) is 7.02. The van der Waals surface area contributed by atoms with Gasteiger partial charge in [-0.15, -0.1) is 0 Å². The number of aromatic amines is 1. The molecule has 2 rings (SSSR count). The van der Waals surface area contributed by atoms with Crippen molar-refractivity contribution in [2.24, 2.45) is 0 Å². The molecule has 8 heteroatoms. The Morgan fingerprint density at radius 1 is 1.43 bits per heavy atom. The third-order valence-electron chi connectivity index (χ3n) is 1.64. The number of sulfone groups is 1. The second-order valence-corrected chi connectivity index (χ2v) is 5.00. The molecule has 0 unspecified atom stereocenters. The zero-order chi connectivity index (χ0) is 10.3. The molecule has 0 aliphatic carbocycles. The lowest BCUT2D eigenvalue weighted by atomic mass is 10.4. The number of halogens is 1. The van der Waals surface area contributed by atoms with Crippen LogP contribution in [0.15, 0.2) is 11.4 Å². The van der Waals surface area contributed by atoms with Crippen molar-refractivity contribution in [3.8, 4) is 0 Å². The number of aromatic nitrogens is 4. The Labute approximate surface area is 84.2 Å². The van der Waals surface area contributed by atoms with E-state index < -0.39 is 9.84 Å². The van der Waals surface area contributed by atoms with Crippen molar-refractivity contribution in [3.63, 3.8) is 0 Å². The maximum atomic E-state index is 11.3. The smallest absolute Gasteiger partial charge is 0.193 e. The molecular weight excluding hydrogens is 228 g/mol. The molecule has 2 heterocycles. The summed E-state index contributed by atoms with van der Waals surface area (Å²) in [5.74, 6) is 0. The topological polar surface area (TPSA) is 88.6 Å². The highest BCUT2D eigenvalue weighted by atomic mass is 35.5. The molecule has 0 spiro atoms. The zero-order valence-corrected chi connectivity index (χ0v) is 8.59. The number of nitrogens with zero attached hydrogens (tertiary/aromatic N) is 3. The summed E-state index contributed by atoms with van der Waals surface area (Å²) in [6, 6.07) is 0. The van der Waals surface area contributed by atoms with Crippen molar-refractivity contribution in [2.45, 2.75) is 5.03 Å². The predicted octanol–water partition coefficient (Wildman–Crippen LogP) is 0.410. The van der Waals surface area contributed by atoms with Gasteiger partial charge in [-0.05, 0) is 0 Å². The van der Waals surface area contributed by atoms with Crippen molar-refractivity contribution < 1.29 is 8.42 Å². The standard InChI is InChI=1S/C6H5ClN4O2S/c1-14(12,13)6-3-4(7)8-2-9-5(3)10-11-6/h2H,1H3,(H,8,9,10,11). The van der Waals surface area contributed by atoms with Gasteiger partial charge in [-0.3, -0.25) is 5.10 Å². The quantitative estimate of drug-likeness (QED) is 0.720. The summed E-state index contributed by atoms with van der Waals surface area (Å²) in [5, 5.41) is 6.32. The largest absolute Gasteiger partial charge is 0.265 e. The van der Waals surface area contributed by atoms with Gasteiger partial charge in [0.05, 0.1) is 5.39 Å². The summed E-state index contributed by atoms with van der Waals surface area (Å²) in [4.78, 5) is 7.46. The summed E-state index contributed by atoms with van der Waals surface area (Å²) in [7, 11) is -3.39. The van der Waals surface area contributed by atoms with Crippen molar-refractivity contribution in [2.75, 3.05) is 6.26 Å². The Hall–Kier alpha value is -1.21. The maximum Gasteiger partial charge on any atom is 0.193 e. The number of H-pyrrole nitrogens is 1. The Bertz CT molecular complexity index is 591. The van der Waals surface area contributed by atoms with Crippen LogP contribution in [-0.4, -0.2) is 34.8 Å².